The fourth-order valence-electron chi connectivity index (χ4n) is 1.92. The van der Waals surface area contributed by atoms with E-state index in [0.717, 1.165) is 12.8 Å². The number of hydrogen-bond acceptors (Lipinski definition) is 2. The molecule has 2 aliphatic heterocycles. The lowest BCUT2D eigenvalue weighted by molar-refractivity contribution is 0.0586. The summed E-state index contributed by atoms with van der Waals surface area (Å²) in [6.45, 7) is 0. The van der Waals surface area contributed by atoms with Crippen LogP contribution in [0.3, 0.4) is 0 Å². The van der Waals surface area contributed by atoms with Gasteiger partial charge in [-0.15, -0.1) is 0 Å². The number of aliphatic hydroxyl groups excluding tert-OH is 1. The minimum atomic E-state index is -0.0683. The van der Waals surface area contributed by atoms with Gasteiger partial charge in [0.1, 0.15) is 0 Å². The van der Waals surface area contributed by atoms with E-state index in [1.165, 1.54) is 0 Å². The molecule has 2 aliphatic rings. The highest BCUT2D eigenvalue weighted by molar-refractivity contribution is 5.13. The number of likely N-dealkylation sites (N-methyl/N-ethyl adjacent to an activating group) is 1. The third kappa shape index (κ3) is 0.796. The minimum absolute atomic E-state index is 0.0683. The van der Waals surface area contributed by atoms with Crippen molar-refractivity contribution in [3.8, 4) is 0 Å². The highest BCUT2D eigenvalue weighted by Gasteiger charge is 2.33. The standard InChI is InChI=1S/C8H13NO/c1-9-6-2-3-7(9)5-8(10)4-6/h2-3,6-8,10H,4-5H2,1H3/t6-,7?,8-/m1/s1. The van der Waals surface area contributed by atoms with Crippen LogP contribution in [0.25, 0.3) is 0 Å². The molecule has 2 heterocycles. The largest absolute Gasteiger partial charge is 0.393 e. The van der Waals surface area contributed by atoms with Crippen molar-refractivity contribution in [2.45, 2.75) is 31.0 Å². The summed E-state index contributed by atoms with van der Waals surface area (Å²) in [5, 5.41) is 9.34. The molecule has 2 nitrogen and oxygen atoms in total. The molecule has 0 aromatic carbocycles. The molecule has 56 valence electrons. The lowest BCUT2D eigenvalue weighted by Crippen LogP contribution is -2.42. The van der Waals surface area contributed by atoms with Gasteiger partial charge in [-0.05, 0) is 19.9 Å². The first kappa shape index (κ1) is 6.38. The number of piperidine rings is 1. The Balaban J connectivity index is 2.15. The van der Waals surface area contributed by atoms with E-state index in [1.807, 2.05) is 0 Å². The number of nitrogens with zero attached hydrogens (tertiary/aromatic N) is 1. The van der Waals surface area contributed by atoms with Crippen molar-refractivity contribution >= 4 is 0 Å². The molecule has 1 unspecified atom stereocenters. The maximum atomic E-state index is 9.34. The maximum absolute atomic E-state index is 9.34. The zero-order chi connectivity index (χ0) is 7.14. The Morgan fingerprint density at radius 1 is 1.30 bits per heavy atom. The van der Waals surface area contributed by atoms with Gasteiger partial charge in [0.2, 0.25) is 0 Å². The average Bonchev–Trinajstić information content (AvgIpc) is 2.20. The Labute approximate surface area is 61.1 Å². The zero-order valence-corrected chi connectivity index (χ0v) is 6.20. The molecule has 2 rings (SSSR count). The van der Waals surface area contributed by atoms with Crippen LogP contribution in [0.15, 0.2) is 12.2 Å². The van der Waals surface area contributed by atoms with Crippen molar-refractivity contribution in [3.05, 3.63) is 12.2 Å². The predicted molar refractivity (Wildman–Crippen MR) is 39.7 cm³/mol. The van der Waals surface area contributed by atoms with Crippen molar-refractivity contribution in [3.63, 3.8) is 0 Å². The van der Waals surface area contributed by atoms with Crippen molar-refractivity contribution in [2.75, 3.05) is 7.05 Å². The summed E-state index contributed by atoms with van der Waals surface area (Å²) in [4.78, 5) is 2.33. The summed E-state index contributed by atoms with van der Waals surface area (Å²) in [7, 11) is 2.13. The van der Waals surface area contributed by atoms with Gasteiger partial charge in [-0.25, -0.2) is 0 Å². The van der Waals surface area contributed by atoms with E-state index in [1.54, 1.807) is 0 Å². The first-order valence-corrected chi connectivity index (χ1v) is 3.85. The zero-order valence-electron chi connectivity index (χ0n) is 6.20. The SMILES string of the molecule is CN1C2C=C[C@@H]1C[C@@H](O)C2. The quantitative estimate of drug-likeness (QED) is 0.490. The molecule has 0 aromatic rings. The molecule has 0 aromatic heterocycles. The molecular weight excluding hydrogens is 126 g/mol. The number of hydrogen-bond donors (Lipinski definition) is 1. The van der Waals surface area contributed by atoms with Crippen molar-refractivity contribution < 1.29 is 5.11 Å². The molecule has 0 amide bonds. The third-order valence-electron chi connectivity index (χ3n) is 2.63. The first-order valence-electron chi connectivity index (χ1n) is 3.85. The van der Waals surface area contributed by atoms with Crippen molar-refractivity contribution in [2.24, 2.45) is 0 Å². The Hall–Kier alpha value is -0.340. The van der Waals surface area contributed by atoms with Crippen LogP contribution < -0.4 is 0 Å². The van der Waals surface area contributed by atoms with Crippen LogP contribution in [-0.4, -0.2) is 35.2 Å². The molecule has 2 heteroatoms. The van der Waals surface area contributed by atoms with Gasteiger partial charge >= 0.3 is 0 Å². The number of fused-ring (bicyclic) bond motifs is 2. The second-order valence-corrected chi connectivity index (χ2v) is 3.31. The lowest BCUT2D eigenvalue weighted by atomic mass is 10.00. The summed E-state index contributed by atoms with van der Waals surface area (Å²) in [6.07, 6.45) is 6.19. The van der Waals surface area contributed by atoms with Gasteiger partial charge in [0.25, 0.3) is 0 Å². The molecule has 0 aliphatic carbocycles. The summed E-state index contributed by atoms with van der Waals surface area (Å²) in [6, 6.07) is 1.02. The maximum Gasteiger partial charge on any atom is 0.0576 e. The second-order valence-electron chi connectivity index (χ2n) is 3.31. The van der Waals surface area contributed by atoms with E-state index in [0.29, 0.717) is 12.1 Å². The van der Waals surface area contributed by atoms with Gasteiger partial charge in [-0.3, -0.25) is 4.90 Å². The van der Waals surface area contributed by atoms with Gasteiger partial charge < -0.3 is 5.11 Å². The van der Waals surface area contributed by atoms with E-state index >= 15 is 0 Å². The van der Waals surface area contributed by atoms with Crippen LogP contribution in [0.4, 0.5) is 0 Å². The number of rotatable bonds is 0. The van der Waals surface area contributed by atoms with Crippen LogP contribution in [0.2, 0.25) is 0 Å². The molecule has 3 atom stereocenters. The molecule has 1 saturated heterocycles. The molecule has 1 N–H and O–H groups in total. The molecule has 0 radical (unpaired) electrons. The van der Waals surface area contributed by atoms with E-state index < -0.39 is 0 Å². The summed E-state index contributed by atoms with van der Waals surface area (Å²) >= 11 is 0. The molecule has 0 spiro atoms. The minimum Gasteiger partial charge on any atom is -0.393 e. The van der Waals surface area contributed by atoms with Crippen molar-refractivity contribution in [1.29, 1.82) is 0 Å². The molecule has 10 heavy (non-hydrogen) atoms. The predicted octanol–water partition coefficient (Wildman–Crippen LogP) is 0.380. The van der Waals surface area contributed by atoms with Crippen LogP contribution in [0, 0.1) is 0 Å². The van der Waals surface area contributed by atoms with Crippen LogP contribution in [-0.2, 0) is 0 Å². The highest BCUT2D eigenvalue weighted by Crippen LogP contribution is 2.28. The number of aliphatic hydroxyl groups is 1. The first-order chi connectivity index (χ1) is 4.77. The van der Waals surface area contributed by atoms with Gasteiger partial charge in [-0.1, -0.05) is 12.2 Å². The average molecular weight is 139 g/mol. The van der Waals surface area contributed by atoms with Crippen molar-refractivity contribution in [1.82, 2.24) is 4.90 Å². The summed E-state index contributed by atoms with van der Waals surface area (Å²) in [5.74, 6) is 0. The normalized spacial score (nSPS) is 46.4. The van der Waals surface area contributed by atoms with Gasteiger partial charge in [0.15, 0.2) is 0 Å². The fraction of sp³-hybridized carbons (Fsp3) is 0.750. The van der Waals surface area contributed by atoms with Gasteiger partial charge in [0, 0.05) is 12.1 Å². The molecular formula is C8H13NO. The van der Waals surface area contributed by atoms with Crippen LogP contribution >= 0.6 is 0 Å². The van der Waals surface area contributed by atoms with Crippen LogP contribution in [0.1, 0.15) is 12.8 Å². The van der Waals surface area contributed by atoms with E-state index in [9.17, 15) is 5.11 Å². The highest BCUT2D eigenvalue weighted by atomic mass is 16.3. The molecule has 2 bridgehead atoms. The smallest absolute Gasteiger partial charge is 0.0576 e. The third-order valence-corrected chi connectivity index (χ3v) is 2.63. The molecule has 1 fully saturated rings. The second kappa shape index (κ2) is 2.07. The van der Waals surface area contributed by atoms with E-state index in [4.69, 9.17) is 0 Å². The van der Waals surface area contributed by atoms with E-state index in [2.05, 4.69) is 24.1 Å². The van der Waals surface area contributed by atoms with E-state index in [-0.39, 0.29) is 6.10 Å². The monoisotopic (exact) mass is 139 g/mol. The molecule has 0 saturated carbocycles. The topological polar surface area (TPSA) is 23.5 Å². The summed E-state index contributed by atoms with van der Waals surface area (Å²) in [5.41, 5.74) is 0. The Kier molecular flexibility index (Phi) is 1.32. The van der Waals surface area contributed by atoms with Gasteiger partial charge in [0.05, 0.1) is 6.10 Å². The Morgan fingerprint density at radius 2 is 1.80 bits per heavy atom. The Morgan fingerprint density at radius 3 is 2.30 bits per heavy atom. The Bertz CT molecular complexity index is 151. The van der Waals surface area contributed by atoms with Crippen LogP contribution in [0.5, 0.6) is 0 Å². The lowest BCUT2D eigenvalue weighted by Gasteiger charge is -2.34. The summed E-state index contributed by atoms with van der Waals surface area (Å²) < 4.78 is 0. The fourth-order valence-corrected chi connectivity index (χ4v) is 1.92. The van der Waals surface area contributed by atoms with Gasteiger partial charge in [-0.2, -0.15) is 0 Å².